The zero-order valence-corrected chi connectivity index (χ0v) is 24.6. The topological polar surface area (TPSA) is 98.1 Å². The average molecular weight is 730 g/mol. The molecular weight excluding hydrogens is 724 g/mol. The van der Waals surface area contributed by atoms with Crippen LogP contribution < -0.4 is 0 Å². The number of fused-ring (bicyclic) bond motifs is 20. The SMILES string of the molecule is Fc1cc2c(c(F)c1F)c1nc3nc(nc4[nH]c(nc5nc(nc2n1F)-c1ccccc1-5)c1c(F)c(F)c(F)c(F)c41)-c1c(F)c(F)c(F)c(F)c1-3. The summed E-state index contributed by atoms with van der Waals surface area (Å²) in [6.45, 7) is 0. The van der Waals surface area contributed by atoms with Crippen LogP contribution in [0.1, 0.15) is 0 Å². The predicted molar refractivity (Wildman–Crippen MR) is 156 cm³/mol. The summed E-state index contributed by atoms with van der Waals surface area (Å²) in [6.07, 6.45) is 0. The van der Waals surface area contributed by atoms with Crippen LogP contribution in [0, 0.1) is 64.0 Å². The average Bonchev–Trinajstić information content (AvgIpc) is 3.84. The van der Waals surface area contributed by atoms with Crippen molar-refractivity contribution in [1.29, 1.82) is 0 Å². The van der Waals surface area contributed by atoms with E-state index in [1.165, 1.54) is 24.3 Å². The van der Waals surface area contributed by atoms with Crippen LogP contribution in [-0.2, 0) is 0 Å². The van der Waals surface area contributed by atoms with Gasteiger partial charge in [-0.05, 0) is 6.07 Å². The first kappa shape index (κ1) is 31.4. The van der Waals surface area contributed by atoms with Gasteiger partial charge in [0.15, 0.2) is 98.6 Å². The largest absolute Gasteiger partial charge is 0.324 e. The molecule has 5 heterocycles. The van der Waals surface area contributed by atoms with Gasteiger partial charge in [0, 0.05) is 16.5 Å². The summed E-state index contributed by atoms with van der Waals surface area (Å²) in [5.74, 6) is -27.3. The standard InChI is InChI=1S/C32H6F12N8/c33-9-5-8-10(16(35)15(9)34)32-51-30-14-13(19(38)23(42)24(43)20(14)39)29(49-30)48-28-12-11(17(36)21(40)22(41)18(12)37)27(47-28)46-25-6-3-1-2-4-7(6)26(45-25)50-31(8)52(32)44/h1-5H,(H,45,46,47,48,49,50,51). The highest BCUT2D eigenvalue weighted by Crippen LogP contribution is 2.42. The Labute approximate surface area is 276 Å². The van der Waals surface area contributed by atoms with E-state index >= 15 is 26.4 Å². The van der Waals surface area contributed by atoms with Crippen LogP contribution in [0.25, 0.3) is 89.7 Å². The molecule has 2 aliphatic heterocycles. The minimum absolute atomic E-state index is 0.0501. The fourth-order valence-electron chi connectivity index (χ4n) is 6.08. The number of hydrogen-bond acceptors (Lipinski definition) is 6. The lowest BCUT2D eigenvalue weighted by Crippen LogP contribution is -2.01. The second-order valence-corrected chi connectivity index (χ2v) is 11.2. The summed E-state index contributed by atoms with van der Waals surface area (Å²) in [6, 6.07) is 5.97. The molecule has 0 saturated heterocycles. The number of halogens is 12. The number of nitrogens with one attached hydrogen (secondary N) is 1. The highest BCUT2D eigenvalue weighted by molar-refractivity contribution is 6.07. The number of nitrogens with zero attached hydrogens (tertiary/aromatic N) is 7. The van der Waals surface area contributed by atoms with Crippen LogP contribution >= 0.6 is 0 Å². The Morgan fingerprint density at radius 3 is 1.46 bits per heavy atom. The molecule has 20 heteroatoms. The van der Waals surface area contributed by atoms with Crippen molar-refractivity contribution in [3.63, 3.8) is 0 Å². The summed E-state index contributed by atoms with van der Waals surface area (Å²) < 4.78 is 181. The molecule has 0 atom stereocenters. The first-order valence-electron chi connectivity index (χ1n) is 14.3. The van der Waals surface area contributed by atoms with Gasteiger partial charge in [0.25, 0.3) is 0 Å². The second-order valence-electron chi connectivity index (χ2n) is 11.2. The van der Waals surface area contributed by atoms with Gasteiger partial charge in [0.1, 0.15) is 11.3 Å². The third-order valence-corrected chi connectivity index (χ3v) is 8.38. The maximum Gasteiger partial charge on any atom is 0.198 e. The third-order valence-electron chi connectivity index (χ3n) is 8.38. The molecule has 0 aliphatic carbocycles. The summed E-state index contributed by atoms with van der Waals surface area (Å²) in [5.41, 5.74) is -6.81. The number of aromatic nitrogens is 8. The Morgan fingerprint density at radius 1 is 0.442 bits per heavy atom. The highest BCUT2D eigenvalue weighted by Gasteiger charge is 2.35. The molecule has 8 bridgehead atoms. The first-order valence-corrected chi connectivity index (χ1v) is 14.3. The maximum absolute atomic E-state index is 16.3. The Kier molecular flexibility index (Phi) is 6.32. The number of hydrogen-bond donors (Lipinski definition) is 1. The molecule has 258 valence electrons. The zero-order chi connectivity index (χ0) is 36.7. The van der Waals surface area contributed by atoms with E-state index in [0.29, 0.717) is 6.07 Å². The van der Waals surface area contributed by atoms with E-state index in [0.717, 1.165) is 0 Å². The lowest BCUT2D eigenvalue weighted by molar-refractivity contribution is 0.398. The van der Waals surface area contributed by atoms with Crippen molar-refractivity contribution in [1.82, 2.24) is 39.7 Å². The zero-order valence-electron chi connectivity index (χ0n) is 24.6. The van der Waals surface area contributed by atoms with Gasteiger partial charge in [0.05, 0.1) is 27.3 Å². The van der Waals surface area contributed by atoms with Gasteiger partial charge in [-0.25, -0.2) is 78.2 Å². The number of rotatable bonds is 0. The van der Waals surface area contributed by atoms with E-state index in [4.69, 9.17) is 0 Å². The summed E-state index contributed by atoms with van der Waals surface area (Å²) in [4.78, 5) is 25.1. The molecule has 0 amide bonds. The summed E-state index contributed by atoms with van der Waals surface area (Å²) in [5, 5.41) is -4.20. The van der Waals surface area contributed by atoms with Gasteiger partial charge in [0.2, 0.25) is 0 Å². The van der Waals surface area contributed by atoms with Gasteiger partial charge < -0.3 is 4.98 Å². The molecule has 0 radical (unpaired) electrons. The molecule has 0 spiro atoms. The minimum Gasteiger partial charge on any atom is -0.324 e. The van der Waals surface area contributed by atoms with Crippen molar-refractivity contribution in [3.8, 4) is 45.6 Å². The molecule has 52 heavy (non-hydrogen) atoms. The molecule has 0 fully saturated rings. The lowest BCUT2D eigenvalue weighted by atomic mass is 10.1. The van der Waals surface area contributed by atoms with Crippen LogP contribution in [0.5, 0.6) is 0 Å². The van der Waals surface area contributed by atoms with Crippen LogP contribution in [-0.4, -0.2) is 39.7 Å². The van der Waals surface area contributed by atoms with Crippen molar-refractivity contribution in [3.05, 3.63) is 94.3 Å². The van der Waals surface area contributed by atoms with E-state index in [9.17, 15) is 26.3 Å². The van der Waals surface area contributed by atoms with Gasteiger partial charge in [-0.3, -0.25) is 0 Å². The van der Waals surface area contributed by atoms with Crippen molar-refractivity contribution in [2.45, 2.75) is 0 Å². The summed E-state index contributed by atoms with van der Waals surface area (Å²) >= 11 is 0. The lowest BCUT2D eigenvalue weighted by Gasteiger charge is -2.05. The van der Waals surface area contributed by atoms with Crippen molar-refractivity contribution >= 4 is 44.1 Å². The van der Waals surface area contributed by atoms with Gasteiger partial charge in [-0.15, -0.1) is 4.79 Å². The van der Waals surface area contributed by atoms with Crippen LogP contribution in [0.4, 0.5) is 52.8 Å². The fraction of sp³-hybridized carbons (Fsp3) is 0. The van der Waals surface area contributed by atoms with E-state index in [1.54, 1.807) is 0 Å². The molecule has 1 N–H and O–H groups in total. The molecule has 2 aliphatic rings. The molecule has 7 aromatic rings. The van der Waals surface area contributed by atoms with E-state index < -0.39 is 147 Å². The van der Waals surface area contributed by atoms with Crippen molar-refractivity contribution in [2.24, 2.45) is 0 Å². The van der Waals surface area contributed by atoms with Gasteiger partial charge in [-0.2, -0.15) is 0 Å². The predicted octanol–water partition coefficient (Wildman–Crippen LogP) is 8.61. The Morgan fingerprint density at radius 2 is 0.885 bits per heavy atom. The summed E-state index contributed by atoms with van der Waals surface area (Å²) in [7, 11) is 0. The normalized spacial score (nSPS) is 12.2. The Balaban J connectivity index is 1.60. The third kappa shape index (κ3) is 3.96. The van der Waals surface area contributed by atoms with Gasteiger partial charge >= 0.3 is 0 Å². The Hall–Kier alpha value is -6.60. The maximum atomic E-state index is 16.3. The van der Waals surface area contributed by atoms with Crippen LogP contribution in [0.15, 0.2) is 30.3 Å². The van der Waals surface area contributed by atoms with E-state index in [2.05, 4.69) is 34.9 Å². The number of H-pyrrole nitrogens is 1. The van der Waals surface area contributed by atoms with E-state index in [1.807, 2.05) is 0 Å². The quantitative estimate of drug-likeness (QED) is 0.0954. The molecule has 0 saturated carbocycles. The molecule has 9 rings (SSSR count). The molecule has 8 nitrogen and oxygen atoms in total. The van der Waals surface area contributed by atoms with Gasteiger partial charge in [-0.1, -0.05) is 28.7 Å². The molecule has 4 aromatic carbocycles. The molecule has 3 aromatic heterocycles. The number of benzene rings is 4. The smallest absolute Gasteiger partial charge is 0.198 e. The van der Waals surface area contributed by atoms with Crippen LogP contribution in [0.2, 0.25) is 0 Å². The molecular formula is C32H6F12N8. The second kappa shape index (κ2) is 10.5. The van der Waals surface area contributed by atoms with Crippen LogP contribution in [0.3, 0.4) is 0 Å². The van der Waals surface area contributed by atoms with Crippen molar-refractivity contribution in [2.75, 3.05) is 0 Å². The fourth-order valence-corrected chi connectivity index (χ4v) is 6.08. The highest BCUT2D eigenvalue weighted by atomic mass is 19.2. The van der Waals surface area contributed by atoms with Crippen molar-refractivity contribution < 1.29 is 52.8 Å². The Bertz CT molecular complexity index is 3010. The van der Waals surface area contributed by atoms with E-state index in [-0.39, 0.29) is 11.1 Å². The number of aromatic amines is 1. The monoisotopic (exact) mass is 730 g/mol. The first-order chi connectivity index (χ1) is 24.8. The molecule has 0 unspecified atom stereocenters. The minimum atomic E-state index is -2.44.